The van der Waals surface area contributed by atoms with E-state index in [4.69, 9.17) is 15.7 Å². The maximum absolute atomic E-state index is 14.0. The first kappa shape index (κ1) is 21.4. The second-order valence-electron chi connectivity index (χ2n) is 9.10. The van der Waals surface area contributed by atoms with E-state index in [1.165, 1.54) is 12.1 Å². The van der Waals surface area contributed by atoms with Crippen molar-refractivity contribution in [3.05, 3.63) is 66.9 Å². The van der Waals surface area contributed by atoms with E-state index in [1.54, 1.807) is 24.7 Å². The van der Waals surface area contributed by atoms with Crippen LogP contribution in [0.2, 0.25) is 0 Å². The predicted molar refractivity (Wildman–Crippen MR) is 137 cm³/mol. The number of anilines is 1. The molecule has 0 aliphatic carbocycles. The van der Waals surface area contributed by atoms with Crippen LogP contribution in [0.1, 0.15) is 0 Å². The van der Waals surface area contributed by atoms with Gasteiger partial charge >= 0.3 is 0 Å². The van der Waals surface area contributed by atoms with Gasteiger partial charge in [-0.1, -0.05) is 6.07 Å². The van der Waals surface area contributed by atoms with E-state index in [0.717, 1.165) is 47.1 Å². The summed E-state index contributed by atoms with van der Waals surface area (Å²) in [5.74, 6) is 0.607. The molecule has 0 atom stereocenters. The molecule has 0 unspecified atom stereocenters. The van der Waals surface area contributed by atoms with E-state index in [9.17, 15) is 9.50 Å². The van der Waals surface area contributed by atoms with Crippen molar-refractivity contribution in [1.29, 1.82) is 0 Å². The van der Waals surface area contributed by atoms with Crippen LogP contribution < -0.4 is 10.6 Å². The molecule has 10 nitrogen and oxygen atoms in total. The first-order valence-electron chi connectivity index (χ1n) is 11.7. The van der Waals surface area contributed by atoms with Gasteiger partial charge in [0.1, 0.15) is 28.6 Å². The zero-order valence-corrected chi connectivity index (χ0v) is 19.4. The Bertz CT molecular complexity index is 1790. The van der Waals surface area contributed by atoms with Gasteiger partial charge in [-0.3, -0.25) is 10.1 Å². The lowest BCUT2D eigenvalue weighted by molar-refractivity contribution is 0.469. The number of phenols is 1. The molecule has 0 radical (unpaired) electrons. The molecule has 4 aromatic heterocycles. The van der Waals surface area contributed by atoms with Crippen LogP contribution in [0.4, 0.5) is 10.2 Å². The highest BCUT2D eigenvalue weighted by Crippen LogP contribution is 2.33. The number of benzene rings is 2. The minimum atomic E-state index is -0.536. The van der Waals surface area contributed by atoms with Crippen LogP contribution in [-0.2, 0) is 0 Å². The minimum absolute atomic E-state index is 0.161. The zero-order valence-electron chi connectivity index (χ0n) is 19.4. The summed E-state index contributed by atoms with van der Waals surface area (Å²) >= 11 is 0. The van der Waals surface area contributed by atoms with Gasteiger partial charge < -0.3 is 20.7 Å². The van der Waals surface area contributed by atoms with Gasteiger partial charge in [0.05, 0.1) is 23.6 Å². The van der Waals surface area contributed by atoms with Crippen molar-refractivity contribution in [2.24, 2.45) is 5.73 Å². The quantitative estimate of drug-likeness (QED) is 0.291. The van der Waals surface area contributed by atoms with Crippen molar-refractivity contribution in [1.82, 2.24) is 35.1 Å². The van der Waals surface area contributed by atoms with Crippen LogP contribution in [0.3, 0.4) is 0 Å². The predicted octanol–water partition coefficient (Wildman–Crippen LogP) is 3.62. The highest BCUT2D eigenvalue weighted by molar-refractivity contribution is 5.97. The Kier molecular flexibility index (Phi) is 4.66. The SMILES string of the molecule is NC1CN(c2cncc(-c3ccc4[nH]nc(-c5nc6c(-c7cc(O)cc(F)c7)ccnc6[nH]5)c4c3)n2)C1. The van der Waals surface area contributed by atoms with Crippen molar-refractivity contribution in [2.45, 2.75) is 6.04 Å². The normalized spacial score (nSPS) is 13.9. The van der Waals surface area contributed by atoms with E-state index in [2.05, 4.69) is 30.0 Å². The second-order valence-corrected chi connectivity index (χ2v) is 9.10. The summed E-state index contributed by atoms with van der Waals surface area (Å²) in [5.41, 5.74) is 11.2. The topological polar surface area (TPSA) is 146 Å². The van der Waals surface area contributed by atoms with E-state index in [0.29, 0.717) is 33.8 Å². The van der Waals surface area contributed by atoms with Gasteiger partial charge in [-0.15, -0.1) is 0 Å². The number of halogens is 1. The molecule has 0 amide bonds. The maximum atomic E-state index is 14.0. The van der Waals surface area contributed by atoms with Gasteiger partial charge in [-0.2, -0.15) is 5.10 Å². The number of aromatic nitrogens is 7. The van der Waals surface area contributed by atoms with Crippen LogP contribution in [0.25, 0.3) is 56.0 Å². The van der Waals surface area contributed by atoms with Crippen molar-refractivity contribution in [3.8, 4) is 39.7 Å². The number of fused-ring (bicyclic) bond motifs is 2. The van der Waals surface area contributed by atoms with Crippen LogP contribution in [0, 0.1) is 5.82 Å². The molecule has 0 saturated carbocycles. The molecule has 5 N–H and O–H groups in total. The summed E-state index contributed by atoms with van der Waals surface area (Å²) in [6, 6.07) is 11.7. The number of nitrogens with zero attached hydrogens (tertiary/aromatic N) is 6. The van der Waals surface area contributed by atoms with E-state index < -0.39 is 5.82 Å². The average molecular weight is 494 g/mol. The highest BCUT2D eigenvalue weighted by Gasteiger charge is 2.25. The third kappa shape index (κ3) is 3.64. The summed E-state index contributed by atoms with van der Waals surface area (Å²) < 4.78 is 14.0. The van der Waals surface area contributed by atoms with Crippen LogP contribution in [0.5, 0.6) is 5.75 Å². The van der Waals surface area contributed by atoms with Crippen molar-refractivity contribution >= 4 is 27.9 Å². The lowest BCUT2D eigenvalue weighted by Crippen LogP contribution is -2.56. The van der Waals surface area contributed by atoms with Crippen molar-refractivity contribution in [2.75, 3.05) is 18.0 Å². The Labute approximate surface area is 209 Å². The summed E-state index contributed by atoms with van der Waals surface area (Å²) in [6.45, 7) is 1.53. The monoisotopic (exact) mass is 493 g/mol. The number of aromatic hydroxyl groups is 1. The fourth-order valence-corrected chi connectivity index (χ4v) is 4.69. The Morgan fingerprint density at radius 3 is 2.76 bits per heavy atom. The highest BCUT2D eigenvalue weighted by atomic mass is 19.1. The van der Waals surface area contributed by atoms with Crippen molar-refractivity contribution < 1.29 is 9.50 Å². The van der Waals surface area contributed by atoms with E-state index >= 15 is 0 Å². The Balaban J connectivity index is 1.31. The van der Waals surface area contributed by atoms with Gasteiger partial charge in [0, 0.05) is 47.9 Å². The molecule has 0 spiro atoms. The number of nitrogens with one attached hydrogen (secondary N) is 2. The molecule has 1 saturated heterocycles. The number of hydrogen-bond acceptors (Lipinski definition) is 8. The van der Waals surface area contributed by atoms with Gasteiger partial charge in [0.25, 0.3) is 0 Å². The average Bonchev–Trinajstić information content (AvgIpc) is 3.49. The standard InChI is InChI=1S/C26H20FN9O/c27-15-5-14(6-17(37)8-15)18-3-4-30-25-23(18)32-26(33-25)24-19-7-13(1-2-20(19)34-35-24)21-9-29-10-22(31-21)36-11-16(28)12-36/h1-10,16,37H,11-12,28H2,(H,34,35)(H,30,32,33). The maximum Gasteiger partial charge on any atom is 0.160 e. The molecule has 7 rings (SSSR count). The molecule has 1 fully saturated rings. The summed E-state index contributed by atoms with van der Waals surface area (Å²) in [5, 5.41) is 18.3. The molecule has 182 valence electrons. The fourth-order valence-electron chi connectivity index (χ4n) is 4.69. The number of phenolic OH excluding ortho intramolecular Hbond substituents is 1. The van der Waals surface area contributed by atoms with Crippen LogP contribution in [-0.4, -0.2) is 59.4 Å². The molecule has 0 bridgehead atoms. The molecule has 11 heteroatoms. The largest absolute Gasteiger partial charge is 0.508 e. The van der Waals surface area contributed by atoms with Crippen LogP contribution >= 0.6 is 0 Å². The first-order valence-corrected chi connectivity index (χ1v) is 11.7. The summed E-state index contributed by atoms with van der Waals surface area (Å²) in [7, 11) is 0. The van der Waals surface area contributed by atoms with E-state index in [1.807, 2.05) is 18.2 Å². The molecule has 1 aliphatic heterocycles. The van der Waals surface area contributed by atoms with Crippen molar-refractivity contribution in [3.63, 3.8) is 0 Å². The molecule has 37 heavy (non-hydrogen) atoms. The molecule has 6 aromatic rings. The molecule has 1 aliphatic rings. The summed E-state index contributed by atoms with van der Waals surface area (Å²) in [4.78, 5) is 23.6. The molecular formula is C26H20FN9O. The van der Waals surface area contributed by atoms with Gasteiger partial charge in [-0.05, 0) is 35.9 Å². The number of nitrogens with two attached hydrogens (primary N) is 1. The third-order valence-corrected chi connectivity index (χ3v) is 6.52. The number of H-pyrrole nitrogens is 2. The number of pyridine rings is 1. The molecule has 5 heterocycles. The number of imidazole rings is 1. The van der Waals surface area contributed by atoms with Crippen LogP contribution in [0.15, 0.2) is 61.1 Å². The Hall–Kier alpha value is -4.90. The van der Waals surface area contributed by atoms with Gasteiger partial charge in [-0.25, -0.2) is 19.3 Å². The first-order chi connectivity index (χ1) is 18.0. The number of rotatable bonds is 4. The lowest BCUT2D eigenvalue weighted by Gasteiger charge is -2.37. The van der Waals surface area contributed by atoms with E-state index in [-0.39, 0.29) is 11.8 Å². The second kappa shape index (κ2) is 8.07. The fraction of sp³-hybridized carbons (Fsp3) is 0.115. The molecular weight excluding hydrogens is 473 g/mol. The summed E-state index contributed by atoms with van der Waals surface area (Å²) in [6.07, 6.45) is 5.09. The third-order valence-electron chi connectivity index (χ3n) is 6.52. The lowest BCUT2D eigenvalue weighted by atomic mass is 10.1. The Morgan fingerprint density at radius 1 is 1.03 bits per heavy atom. The van der Waals surface area contributed by atoms with Gasteiger partial charge in [0.15, 0.2) is 11.5 Å². The smallest absolute Gasteiger partial charge is 0.160 e. The van der Waals surface area contributed by atoms with Gasteiger partial charge in [0.2, 0.25) is 0 Å². The number of hydrogen-bond donors (Lipinski definition) is 4. The number of aromatic amines is 2. The Morgan fingerprint density at radius 2 is 1.92 bits per heavy atom. The minimum Gasteiger partial charge on any atom is -0.508 e. The zero-order chi connectivity index (χ0) is 25.1. The molecule has 2 aromatic carbocycles.